The van der Waals surface area contributed by atoms with E-state index in [0.717, 1.165) is 0 Å². The molecule has 0 aromatic heterocycles. The molecule has 8 nitrogen and oxygen atoms in total. The Bertz CT molecular complexity index is 712. The summed E-state index contributed by atoms with van der Waals surface area (Å²) in [5.74, 6) is -1.48. The van der Waals surface area contributed by atoms with Crippen molar-refractivity contribution in [3.8, 4) is 0 Å². The normalized spacial score (nSPS) is 18.4. The molecule has 1 aromatic carbocycles. The van der Waals surface area contributed by atoms with Gasteiger partial charge in [0.05, 0.1) is 30.2 Å². The zero-order valence-electron chi connectivity index (χ0n) is 13.5. The van der Waals surface area contributed by atoms with Crippen molar-refractivity contribution in [2.24, 2.45) is 5.73 Å². The second-order valence-electron chi connectivity index (χ2n) is 5.38. The van der Waals surface area contributed by atoms with Gasteiger partial charge in [-0.2, -0.15) is 4.31 Å². The molecule has 132 valence electrons. The third kappa shape index (κ3) is 3.42. The van der Waals surface area contributed by atoms with Crippen LogP contribution in [0, 0.1) is 0 Å². The van der Waals surface area contributed by atoms with Gasteiger partial charge in [0.15, 0.2) is 0 Å². The maximum Gasteiger partial charge on any atom is 0.337 e. The second kappa shape index (κ2) is 7.29. The van der Waals surface area contributed by atoms with Crippen LogP contribution in [0.3, 0.4) is 0 Å². The zero-order valence-corrected chi connectivity index (χ0v) is 14.3. The van der Waals surface area contributed by atoms with E-state index < -0.39 is 22.0 Å². The van der Waals surface area contributed by atoms with Crippen LogP contribution in [0.2, 0.25) is 0 Å². The van der Waals surface area contributed by atoms with Crippen molar-refractivity contribution < 1.29 is 27.5 Å². The van der Waals surface area contributed by atoms with Crippen LogP contribution in [0.25, 0.3) is 0 Å². The van der Waals surface area contributed by atoms with Crippen LogP contribution in [0.15, 0.2) is 23.1 Å². The summed E-state index contributed by atoms with van der Waals surface area (Å²) in [5.41, 5.74) is 5.57. The maximum atomic E-state index is 12.9. The van der Waals surface area contributed by atoms with E-state index in [2.05, 4.69) is 9.47 Å². The summed E-state index contributed by atoms with van der Waals surface area (Å²) in [6.07, 6.45) is 1.39. The minimum atomic E-state index is -3.89. The average Bonchev–Trinajstić information content (AvgIpc) is 3.09. The lowest BCUT2D eigenvalue weighted by Gasteiger charge is -2.23. The number of esters is 2. The number of ether oxygens (including phenoxy) is 2. The van der Waals surface area contributed by atoms with E-state index in [1.54, 1.807) is 0 Å². The van der Waals surface area contributed by atoms with Crippen molar-refractivity contribution in [2.45, 2.75) is 23.8 Å². The minimum absolute atomic E-state index is 0.0394. The number of sulfonamides is 1. The summed E-state index contributed by atoms with van der Waals surface area (Å²) in [4.78, 5) is 23.4. The molecule has 1 aromatic rings. The molecule has 1 aliphatic rings. The molecule has 1 atom stereocenters. The molecular formula is C15H20N2O6S. The topological polar surface area (TPSA) is 116 Å². The lowest BCUT2D eigenvalue weighted by atomic mass is 10.1. The zero-order chi connectivity index (χ0) is 17.9. The lowest BCUT2D eigenvalue weighted by molar-refractivity contribution is 0.0598. The highest BCUT2D eigenvalue weighted by atomic mass is 32.2. The Morgan fingerprint density at radius 3 is 2.17 bits per heavy atom. The summed E-state index contributed by atoms with van der Waals surface area (Å²) in [6.45, 7) is 0.556. The van der Waals surface area contributed by atoms with Crippen molar-refractivity contribution in [2.75, 3.05) is 27.3 Å². The predicted octanol–water partition coefficient (Wildman–Crippen LogP) is 0.372. The first-order chi connectivity index (χ1) is 11.3. The van der Waals surface area contributed by atoms with Crippen molar-refractivity contribution in [3.05, 3.63) is 29.3 Å². The van der Waals surface area contributed by atoms with Crippen LogP contribution in [0.4, 0.5) is 0 Å². The molecule has 0 radical (unpaired) electrons. The molecule has 0 amide bonds. The molecule has 2 rings (SSSR count). The van der Waals surface area contributed by atoms with Crippen LogP contribution in [0.1, 0.15) is 33.6 Å². The molecule has 2 N–H and O–H groups in total. The summed E-state index contributed by atoms with van der Waals surface area (Å²) >= 11 is 0. The molecule has 0 bridgehead atoms. The number of carbonyl (C=O) groups is 2. The molecular weight excluding hydrogens is 336 g/mol. The SMILES string of the molecule is COC(=O)c1cc(C(=O)OC)cc(S(=O)(=O)N2CCCC2CN)c1. The van der Waals surface area contributed by atoms with Crippen molar-refractivity contribution in [3.63, 3.8) is 0 Å². The Hall–Kier alpha value is -1.97. The quantitative estimate of drug-likeness (QED) is 0.758. The number of carbonyl (C=O) groups excluding carboxylic acids is 2. The van der Waals surface area contributed by atoms with E-state index in [0.29, 0.717) is 19.4 Å². The highest BCUT2D eigenvalue weighted by Crippen LogP contribution is 2.27. The van der Waals surface area contributed by atoms with Gasteiger partial charge in [0.1, 0.15) is 0 Å². The smallest absolute Gasteiger partial charge is 0.337 e. The van der Waals surface area contributed by atoms with Crippen molar-refractivity contribution >= 4 is 22.0 Å². The number of nitrogens with zero attached hydrogens (tertiary/aromatic N) is 1. The standard InChI is InChI=1S/C15H20N2O6S/c1-22-14(18)10-6-11(15(19)23-2)8-13(7-10)24(20,21)17-5-3-4-12(17)9-16/h6-8,12H,3-5,9,16H2,1-2H3. The van der Waals surface area contributed by atoms with Crippen LogP contribution < -0.4 is 5.73 Å². The Morgan fingerprint density at radius 1 is 1.17 bits per heavy atom. The largest absolute Gasteiger partial charge is 0.465 e. The first-order valence-corrected chi connectivity index (χ1v) is 8.82. The fourth-order valence-electron chi connectivity index (χ4n) is 2.72. The second-order valence-corrected chi connectivity index (χ2v) is 7.27. The van der Waals surface area contributed by atoms with Gasteiger partial charge in [-0.25, -0.2) is 18.0 Å². The third-order valence-corrected chi connectivity index (χ3v) is 5.88. The van der Waals surface area contributed by atoms with E-state index >= 15 is 0 Å². The highest BCUT2D eigenvalue weighted by Gasteiger charge is 2.35. The number of hydrogen-bond acceptors (Lipinski definition) is 7. The molecule has 1 aliphatic heterocycles. The summed E-state index contributed by atoms with van der Waals surface area (Å²) in [7, 11) is -1.54. The van der Waals surface area contributed by atoms with E-state index in [9.17, 15) is 18.0 Å². The Kier molecular flexibility index (Phi) is 5.58. The Labute approximate surface area is 140 Å². The van der Waals surface area contributed by atoms with Gasteiger partial charge >= 0.3 is 11.9 Å². The molecule has 0 aliphatic carbocycles. The van der Waals surface area contributed by atoms with Gasteiger partial charge in [0.25, 0.3) is 0 Å². The predicted molar refractivity (Wildman–Crippen MR) is 85.1 cm³/mol. The molecule has 0 spiro atoms. The van der Waals surface area contributed by atoms with Gasteiger partial charge < -0.3 is 15.2 Å². The number of hydrogen-bond donors (Lipinski definition) is 1. The van der Waals surface area contributed by atoms with Crippen molar-refractivity contribution in [1.29, 1.82) is 0 Å². The van der Waals surface area contributed by atoms with Gasteiger partial charge in [0.2, 0.25) is 10.0 Å². The summed E-state index contributed by atoms with van der Waals surface area (Å²) in [5, 5.41) is 0. The van der Waals surface area contributed by atoms with Gasteiger partial charge in [-0.05, 0) is 31.0 Å². The van der Waals surface area contributed by atoms with Crippen molar-refractivity contribution in [1.82, 2.24) is 4.31 Å². The Balaban J connectivity index is 2.55. The van der Waals surface area contributed by atoms with E-state index in [1.165, 1.54) is 36.7 Å². The fraction of sp³-hybridized carbons (Fsp3) is 0.467. The van der Waals surface area contributed by atoms with Crippen LogP contribution >= 0.6 is 0 Å². The van der Waals surface area contributed by atoms with E-state index in [1.807, 2.05) is 0 Å². The first kappa shape index (κ1) is 18.4. The molecule has 24 heavy (non-hydrogen) atoms. The average molecular weight is 356 g/mol. The van der Waals surface area contributed by atoms with Gasteiger partial charge in [0, 0.05) is 19.1 Å². The molecule has 1 heterocycles. The molecule has 1 fully saturated rings. The Morgan fingerprint density at radius 2 is 1.71 bits per heavy atom. The molecule has 9 heteroatoms. The molecule has 1 unspecified atom stereocenters. The minimum Gasteiger partial charge on any atom is -0.465 e. The van der Waals surface area contributed by atoms with Crippen LogP contribution in [0.5, 0.6) is 0 Å². The molecule has 1 saturated heterocycles. The number of rotatable bonds is 5. The monoisotopic (exact) mass is 356 g/mol. The number of nitrogens with two attached hydrogens (primary N) is 1. The number of methoxy groups -OCH3 is 2. The molecule has 0 saturated carbocycles. The first-order valence-electron chi connectivity index (χ1n) is 7.38. The highest BCUT2D eigenvalue weighted by molar-refractivity contribution is 7.89. The summed E-state index contributed by atoms with van der Waals surface area (Å²) < 4.78 is 36.3. The van der Waals surface area contributed by atoms with Gasteiger partial charge in [-0.15, -0.1) is 0 Å². The number of benzene rings is 1. The van der Waals surface area contributed by atoms with E-state index in [4.69, 9.17) is 5.73 Å². The van der Waals surface area contributed by atoms with Crippen LogP contribution in [-0.2, 0) is 19.5 Å². The van der Waals surface area contributed by atoms with Gasteiger partial charge in [-0.1, -0.05) is 0 Å². The summed E-state index contributed by atoms with van der Waals surface area (Å²) in [6, 6.07) is 3.33. The third-order valence-electron chi connectivity index (χ3n) is 3.95. The van der Waals surface area contributed by atoms with E-state index in [-0.39, 0.29) is 28.6 Å². The lowest BCUT2D eigenvalue weighted by Crippen LogP contribution is -2.40. The van der Waals surface area contributed by atoms with Crippen LogP contribution in [-0.4, -0.2) is 58.0 Å². The maximum absolute atomic E-state index is 12.9. The fourth-order valence-corrected chi connectivity index (χ4v) is 4.49. The van der Waals surface area contributed by atoms with Gasteiger partial charge in [-0.3, -0.25) is 0 Å².